The molecule has 104 valence electrons. The Labute approximate surface area is 118 Å². The van der Waals surface area contributed by atoms with Gasteiger partial charge in [-0.3, -0.25) is 0 Å². The van der Waals surface area contributed by atoms with Crippen molar-refractivity contribution in [3.05, 3.63) is 29.6 Å². The first kappa shape index (κ1) is 14.2. The summed E-state index contributed by atoms with van der Waals surface area (Å²) in [6, 6.07) is 4.96. The minimum Gasteiger partial charge on any atom is -0.389 e. The Morgan fingerprint density at radius 3 is 2.74 bits per heavy atom. The van der Waals surface area contributed by atoms with Crippen molar-refractivity contribution in [2.45, 2.75) is 25.9 Å². The number of halogens is 1. The Morgan fingerprint density at radius 2 is 2.16 bits per heavy atom. The smallest absolute Gasteiger partial charge is 0.135 e. The van der Waals surface area contributed by atoms with Gasteiger partial charge in [0.1, 0.15) is 10.8 Å². The SMILES string of the molecule is CCOC1CCN(c2cccc(F)c2C(N)=S)CC1. The lowest BCUT2D eigenvalue weighted by molar-refractivity contribution is 0.0459. The Bertz CT molecular complexity index is 459. The fourth-order valence-electron chi connectivity index (χ4n) is 2.52. The quantitative estimate of drug-likeness (QED) is 0.861. The molecule has 0 bridgehead atoms. The molecule has 1 aromatic carbocycles. The number of thiocarbonyl (C=S) groups is 1. The lowest BCUT2D eigenvalue weighted by Crippen LogP contribution is -2.38. The molecule has 1 aromatic rings. The third kappa shape index (κ3) is 3.22. The highest BCUT2D eigenvalue weighted by molar-refractivity contribution is 7.80. The van der Waals surface area contributed by atoms with Crippen LogP contribution in [-0.2, 0) is 4.74 Å². The van der Waals surface area contributed by atoms with E-state index >= 15 is 0 Å². The van der Waals surface area contributed by atoms with E-state index in [9.17, 15) is 4.39 Å². The molecule has 2 rings (SSSR count). The molecule has 0 unspecified atom stereocenters. The first-order valence-electron chi connectivity index (χ1n) is 6.58. The van der Waals surface area contributed by atoms with E-state index in [2.05, 4.69) is 4.90 Å². The average molecular weight is 282 g/mol. The molecule has 0 saturated carbocycles. The van der Waals surface area contributed by atoms with Crippen molar-refractivity contribution < 1.29 is 9.13 Å². The maximum atomic E-state index is 13.8. The number of benzene rings is 1. The lowest BCUT2D eigenvalue weighted by atomic mass is 10.0. The number of piperidine rings is 1. The van der Waals surface area contributed by atoms with Crippen LogP contribution in [0.4, 0.5) is 10.1 Å². The maximum Gasteiger partial charge on any atom is 0.135 e. The molecule has 0 spiro atoms. The molecule has 0 amide bonds. The van der Waals surface area contributed by atoms with Crippen molar-refractivity contribution in [1.29, 1.82) is 0 Å². The molecule has 0 atom stereocenters. The van der Waals surface area contributed by atoms with Gasteiger partial charge in [-0.15, -0.1) is 0 Å². The number of hydrogen-bond acceptors (Lipinski definition) is 3. The summed E-state index contributed by atoms with van der Waals surface area (Å²) >= 11 is 4.96. The summed E-state index contributed by atoms with van der Waals surface area (Å²) in [6.45, 7) is 4.42. The van der Waals surface area contributed by atoms with Crippen molar-refractivity contribution in [1.82, 2.24) is 0 Å². The second-order valence-electron chi connectivity index (χ2n) is 4.64. The molecule has 0 radical (unpaired) electrons. The van der Waals surface area contributed by atoms with Gasteiger partial charge in [0.25, 0.3) is 0 Å². The van der Waals surface area contributed by atoms with Gasteiger partial charge in [0.2, 0.25) is 0 Å². The van der Waals surface area contributed by atoms with Gasteiger partial charge in [-0.1, -0.05) is 18.3 Å². The van der Waals surface area contributed by atoms with Crippen LogP contribution in [0.1, 0.15) is 25.3 Å². The number of nitrogens with two attached hydrogens (primary N) is 1. The highest BCUT2D eigenvalue weighted by Crippen LogP contribution is 2.27. The summed E-state index contributed by atoms with van der Waals surface area (Å²) in [5, 5.41) is 0. The highest BCUT2D eigenvalue weighted by Gasteiger charge is 2.23. The summed E-state index contributed by atoms with van der Waals surface area (Å²) in [4.78, 5) is 2.24. The zero-order valence-electron chi connectivity index (χ0n) is 11.1. The van der Waals surface area contributed by atoms with Crippen molar-refractivity contribution in [3.8, 4) is 0 Å². The topological polar surface area (TPSA) is 38.5 Å². The standard InChI is InChI=1S/C14H19FN2OS/c1-2-18-10-6-8-17(9-7-10)12-5-3-4-11(15)13(12)14(16)19/h3-5,10H,2,6-9H2,1H3,(H2,16,19). The van der Waals surface area contributed by atoms with E-state index in [1.165, 1.54) is 6.07 Å². The second-order valence-corrected chi connectivity index (χ2v) is 5.08. The van der Waals surface area contributed by atoms with Crippen molar-refractivity contribution in [2.24, 2.45) is 5.73 Å². The molecule has 5 heteroatoms. The Kier molecular flexibility index (Phi) is 4.71. The third-order valence-electron chi connectivity index (χ3n) is 3.42. The van der Waals surface area contributed by atoms with Crippen LogP contribution in [0.15, 0.2) is 18.2 Å². The number of rotatable bonds is 4. The summed E-state index contributed by atoms with van der Waals surface area (Å²) < 4.78 is 19.5. The number of hydrogen-bond donors (Lipinski definition) is 1. The van der Waals surface area contributed by atoms with Gasteiger partial charge in [0.05, 0.1) is 11.7 Å². The van der Waals surface area contributed by atoms with Gasteiger partial charge < -0.3 is 15.4 Å². The summed E-state index contributed by atoms with van der Waals surface area (Å²) in [5.74, 6) is -0.350. The van der Waals surface area contributed by atoms with E-state index < -0.39 is 0 Å². The fourth-order valence-corrected chi connectivity index (χ4v) is 2.72. The second kappa shape index (κ2) is 6.30. The van der Waals surface area contributed by atoms with Crippen molar-refractivity contribution in [2.75, 3.05) is 24.6 Å². The number of ether oxygens (including phenoxy) is 1. The first-order valence-corrected chi connectivity index (χ1v) is 6.99. The number of anilines is 1. The molecule has 1 saturated heterocycles. The normalized spacial score (nSPS) is 16.6. The van der Waals surface area contributed by atoms with Gasteiger partial charge in [-0.2, -0.15) is 0 Å². The summed E-state index contributed by atoms with van der Waals surface area (Å²) in [7, 11) is 0. The minimum absolute atomic E-state index is 0.111. The Hall–Kier alpha value is -1.20. The van der Waals surface area contributed by atoms with Crippen LogP contribution in [-0.4, -0.2) is 30.8 Å². The van der Waals surface area contributed by atoms with Gasteiger partial charge in [0.15, 0.2) is 0 Å². The van der Waals surface area contributed by atoms with E-state index in [-0.39, 0.29) is 10.8 Å². The van der Waals surface area contributed by atoms with Gasteiger partial charge >= 0.3 is 0 Å². The van der Waals surface area contributed by atoms with E-state index in [4.69, 9.17) is 22.7 Å². The zero-order chi connectivity index (χ0) is 13.8. The molecular weight excluding hydrogens is 263 g/mol. The molecule has 19 heavy (non-hydrogen) atoms. The van der Waals surface area contributed by atoms with Crippen LogP contribution in [0.3, 0.4) is 0 Å². The summed E-state index contributed by atoms with van der Waals surface area (Å²) in [5.41, 5.74) is 6.79. The minimum atomic E-state index is -0.350. The predicted molar refractivity (Wildman–Crippen MR) is 79.1 cm³/mol. The van der Waals surface area contributed by atoms with Crippen molar-refractivity contribution >= 4 is 22.9 Å². The van der Waals surface area contributed by atoms with Gasteiger partial charge in [-0.05, 0) is 31.9 Å². The number of nitrogens with zero attached hydrogens (tertiary/aromatic N) is 1. The van der Waals surface area contributed by atoms with E-state index in [0.29, 0.717) is 11.7 Å². The predicted octanol–water partition coefficient (Wildman–Crippen LogP) is 2.47. The Morgan fingerprint density at radius 1 is 1.47 bits per heavy atom. The maximum absolute atomic E-state index is 13.8. The molecule has 0 aliphatic carbocycles. The summed E-state index contributed by atoms with van der Waals surface area (Å²) in [6.07, 6.45) is 2.20. The Balaban J connectivity index is 2.15. The molecule has 1 heterocycles. The molecular formula is C14H19FN2OS. The zero-order valence-corrected chi connectivity index (χ0v) is 11.9. The highest BCUT2D eigenvalue weighted by atomic mass is 32.1. The molecule has 2 N–H and O–H groups in total. The van der Waals surface area contributed by atoms with Crippen LogP contribution in [0.5, 0.6) is 0 Å². The van der Waals surface area contributed by atoms with E-state index in [1.54, 1.807) is 6.07 Å². The fraction of sp³-hybridized carbons (Fsp3) is 0.500. The molecule has 1 aliphatic rings. The molecule has 0 aromatic heterocycles. The third-order valence-corrected chi connectivity index (χ3v) is 3.63. The molecule has 1 aliphatic heterocycles. The van der Waals surface area contributed by atoms with E-state index in [1.807, 2.05) is 13.0 Å². The molecule has 1 fully saturated rings. The van der Waals surface area contributed by atoms with Crippen LogP contribution in [0.25, 0.3) is 0 Å². The van der Waals surface area contributed by atoms with Crippen LogP contribution >= 0.6 is 12.2 Å². The van der Waals surface area contributed by atoms with Gasteiger partial charge in [0, 0.05) is 25.4 Å². The average Bonchev–Trinajstić information content (AvgIpc) is 2.39. The molecule has 3 nitrogen and oxygen atoms in total. The van der Waals surface area contributed by atoms with Crippen LogP contribution in [0.2, 0.25) is 0 Å². The lowest BCUT2D eigenvalue weighted by Gasteiger charge is -2.34. The van der Waals surface area contributed by atoms with Crippen molar-refractivity contribution in [3.63, 3.8) is 0 Å². The van der Waals surface area contributed by atoms with Crippen LogP contribution < -0.4 is 10.6 Å². The van der Waals surface area contributed by atoms with E-state index in [0.717, 1.165) is 38.2 Å². The monoisotopic (exact) mass is 282 g/mol. The largest absolute Gasteiger partial charge is 0.389 e. The van der Waals surface area contributed by atoms with Crippen LogP contribution in [0, 0.1) is 5.82 Å². The van der Waals surface area contributed by atoms with Gasteiger partial charge in [-0.25, -0.2) is 4.39 Å². The first-order chi connectivity index (χ1) is 9.13.